The second kappa shape index (κ2) is 67.8. The van der Waals surface area contributed by atoms with Crippen LogP contribution < -0.4 is 0 Å². The van der Waals surface area contributed by atoms with E-state index in [0.29, 0.717) is 19.3 Å². The third-order valence-corrected chi connectivity index (χ3v) is 13.8. The molecule has 6 heteroatoms. The van der Waals surface area contributed by atoms with Crippen LogP contribution >= 0.6 is 0 Å². The van der Waals surface area contributed by atoms with E-state index in [1.165, 1.54) is 103 Å². The van der Waals surface area contributed by atoms with Gasteiger partial charge in [-0.15, -0.1) is 0 Å². The SMILES string of the molecule is CC/C=C\C/C=C\C/C=C\C/C=C\C/C=C\C/C=C\CCCCCCCCCCCCCCCCC(=O)OCC(COC(=O)CCCCCCCCC)OC(=O)CCCCCC/C=C\C/C=C\C/C=C\C/C=C\C/C=C\C/C=C\CC. The van der Waals surface area contributed by atoms with E-state index in [-0.39, 0.29) is 31.1 Å². The number of esters is 3. The highest BCUT2D eigenvalue weighted by Gasteiger charge is 2.19. The number of carbonyl (C=O) groups excluding carboxylic acids is 3. The molecule has 0 saturated heterocycles. The molecule has 0 aromatic heterocycles. The van der Waals surface area contributed by atoms with Crippen LogP contribution in [0.15, 0.2) is 146 Å². The predicted octanol–water partition coefficient (Wildman–Crippen LogP) is 23.1. The molecule has 0 amide bonds. The molecule has 0 N–H and O–H groups in total. The molecule has 0 aliphatic carbocycles. The summed E-state index contributed by atoms with van der Waals surface area (Å²) in [7, 11) is 0. The number of carbonyl (C=O) groups is 3. The van der Waals surface area contributed by atoms with Crippen LogP contribution in [-0.2, 0) is 28.6 Å². The van der Waals surface area contributed by atoms with Crippen LogP contribution in [0.3, 0.4) is 0 Å². The van der Waals surface area contributed by atoms with Crippen LogP contribution in [0.5, 0.6) is 0 Å². The van der Waals surface area contributed by atoms with Gasteiger partial charge in [0.05, 0.1) is 0 Å². The van der Waals surface area contributed by atoms with Gasteiger partial charge in [-0.05, 0) is 122 Å². The van der Waals surface area contributed by atoms with E-state index in [4.69, 9.17) is 14.2 Å². The molecule has 0 aromatic rings. The molecule has 1 atom stereocenters. The fraction of sp³-hybridized carbons (Fsp3) is 0.640. The maximum Gasteiger partial charge on any atom is 0.306 e. The summed E-state index contributed by atoms with van der Waals surface area (Å²) in [5.41, 5.74) is 0. The van der Waals surface area contributed by atoms with Crippen molar-refractivity contribution in [3.63, 3.8) is 0 Å². The largest absolute Gasteiger partial charge is 0.462 e. The van der Waals surface area contributed by atoms with Crippen LogP contribution in [-0.4, -0.2) is 37.2 Å². The molecule has 0 aliphatic heterocycles. The van der Waals surface area contributed by atoms with Crippen molar-refractivity contribution in [2.75, 3.05) is 13.2 Å². The Morgan fingerprint density at radius 3 is 0.753 bits per heavy atom. The lowest BCUT2D eigenvalue weighted by Gasteiger charge is -2.18. The first-order chi connectivity index (χ1) is 40.0. The summed E-state index contributed by atoms with van der Waals surface area (Å²) >= 11 is 0. The molecular weight excluding hydrogens is 997 g/mol. The highest BCUT2D eigenvalue weighted by atomic mass is 16.6. The second-order valence-electron chi connectivity index (χ2n) is 21.6. The van der Waals surface area contributed by atoms with E-state index in [0.717, 1.165) is 148 Å². The zero-order valence-corrected chi connectivity index (χ0v) is 52.5. The van der Waals surface area contributed by atoms with E-state index in [1.54, 1.807) is 0 Å². The Labute approximate surface area is 499 Å². The molecule has 0 aliphatic rings. The summed E-state index contributed by atoms with van der Waals surface area (Å²) in [6.45, 7) is 6.35. The fourth-order valence-electron chi connectivity index (χ4n) is 8.92. The van der Waals surface area contributed by atoms with Crippen LogP contribution in [0.4, 0.5) is 0 Å². The zero-order valence-electron chi connectivity index (χ0n) is 52.5. The van der Waals surface area contributed by atoms with E-state index in [1.807, 2.05) is 0 Å². The van der Waals surface area contributed by atoms with E-state index in [9.17, 15) is 14.4 Å². The Hall–Kier alpha value is -4.71. The number of hydrogen-bond acceptors (Lipinski definition) is 6. The molecule has 0 radical (unpaired) electrons. The topological polar surface area (TPSA) is 78.9 Å². The first kappa shape index (κ1) is 76.3. The van der Waals surface area contributed by atoms with Gasteiger partial charge >= 0.3 is 17.9 Å². The summed E-state index contributed by atoms with van der Waals surface area (Å²) in [6.07, 6.45) is 97.5. The van der Waals surface area contributed by atoms with Crippen molar-refractivity contribution in [2.45, 2.75) is 297 Å². The molecule has 0 aromatic carbocycles. The molecule has 0 fully saturated rings. The van der Waals surface area contributed by atoms with Crippen molar-refractivity contribution >= 4 is 17.9 Å². The third kappa shape index (κ3) is 66.0. The van der Waals surface area contributed by atoms with Gasteiger partial charge in [0.25, 0.3) is 0 Å². The average Bonchev–Trinajstić information content (AvgIpc) is 3.47. The maximum absolute atomic E-state index is 12.9. The minimum Gasteiger partial charge on any atom is -0.462 e. The summed E-state index contributed by atoms with van der Waals surface area (Å²) < 4.78 is 16.8. The van der Waals surface area contributed by atoms with Crippen molar-refractivity contribution in [1.29, 1.82) is 0 Å². The Balaban J connectivity index is 4.15. The second-order valence-corrected chi connectivity index (χ2v) is 21.6. The van der Waals surface area contributed by atoms with Crippen LogP contribution in [0.25, 0.3) is 0 Å². The molecule has 458 valence electrons. The standard InChI is InChI=1S/C75H122O6/c1-4-7-10-13-16-18-20-22-24-26-28-30-32-33-34-35-36-37-38-39-40-41-43-44-46-48-50-52-54-56-59-62-65-68-74(77)80-71-72(70-79-73(76)67-64-61-58-15-12-9-6-3)81-75(78)69-66-63-60-57-55-53-51-49-47-45-42-31-29-27-25-23-21-19-17-14-11-8-5-2/h7-8,10-11,16-19,22-25,28-31,33-34,36-37,45,47,51,53,72H,4-6,9,12-15,20-21,26-27,32,35,38-44,46,48-50,52,54-71H2,1-3H3/b10-7-,11-8-,18-16-,19-17-,24-22-,25-23-,30-28-,31-29-,34-33-,37-36-,47-45-,53-51-. The Morgan fingerprint density at radius 2 is 0.481 bits per heavy atom. The molecule has 81 heavy (non-hydrogen) atoms. The molecule has 0 spiro atoms. The molecule has 6 nitrogen and oxygen atoms in total. The Morgan fingerprint density at radius 1 is 0.259 bits per heavy atom. The van der Waals surface area contributed by atoms with E-state index < -0.39 is 6.10 Å². The Kier molecular flexibility index (Phi) is 63.9. The van der Waals surface area contributed by atoms with Gasteiger partial charge in [0.2, 0.25) is 0 Å². The number of ether oxygens (including phenoxy) is 3. The maximum atomic E-state index is 12.9. The molecule has 0 heterocycles. The van der Waals surface area contributed by atoms with Gasteiger partial charge in [-0.2, -0.15) is 0 Å². The van der Waals surface area contributed by atoms with Crippen molar-refractivity contribution in [2.24, 2.45) is 0 Å². The summed E-state index contributed by atoms with van der Waals surface area (Å²) in [6, 6.07) is 0. The van der Waals surface area contributed by atoms with Gasteiger partial charge in [0.1, 0.15) is 13.2 Å². The van der Waals surface area contributed by atoms with Crippen molar-refractivity contribution in [3.05, 3.63) is 146 Å². The van der Waals surface area contributed by atoms with Gasteiger partial charge in [0, 0.05) is 19.3 Å². The quantitative estimate of drug-likeness (QED) is 0.0261. The van der Waals surface area contributed by atoms with E-state index >= 15 is 0 Å². The van der Waals surface area contributed by atoms with Crippen molar-refractivity contribution < 1.29 is 28.6 Å². The lowest BCUT2D eigenvalue weighted by Crippen LogP contribution is -2.30. The monoisotopic (exact) mass is 1120 g/mol. The summed E-state index contributed by atoms with van der Waals surface area (Å²) in [5.74, 6) is -0.921. The molecule has 0 bridgehead atoms. The number of rotatable bonds is 59. The van der Waals surface area contributed by atoms with Gasteiger partial charge < -0.3 is 14.2 Å². The van der Waals surface area contributed by atoms with Gasteiger partial charge in [-0.25, -0.2) is 0 Å². The first-order valence-electron chi connectivity index (χ1n) is 33.3. The number of allylic oxidation sites excluding steroid dienone is 24. The van der Waals surface area contributed by atoms with Crippen molar-refractivity contribution in [1.82, 2.24) is 0 Å². The highest BCUT2D eigenvalue weighted by Crippen LogP contribution is 2.16. The summed E-state index contributed by atoms with van der Waals surface area (Å²) in [5, 5.41) is 0. The molecular formula is C75H122O6. The minimum absolute atomic E-state index is 0.0906. The lowest BCUT2D eigenvalue weighted by molar-refractivity contribution is -0.167. The molecule has 0 saturated carbocycles. The minimum atomic E-state index is -0.794. The zero-order chi connectivity index (χ0) is 58.5. The lowest BCUT2D eigenvalue weighted by atomic mass is 10.0. The molecule has 1 unspecified atom stereocenters. The van der Waals surface area contributed by atoms with Gasteiger partial charge in [-0.1, -0.05) is 295 Å². The fourth-order valence-corrected chi connectivity index (χ4v) is 8.92. The average molecular weight is 1120 g/mol. The molecule has 0 rings (SSSR count). The van der Waals surface area contributed by atoms with Crippen LogP contribution in [0.1, 0.15) is 290 Å². The first-order valence-corrected chi connectivity index (χ1v) is 33.3. The Bertz CT molecular complexity index is 1760. The van der Waals surface area contributed by atoms with Crippen LogP contribution in [0.2, 0.25) is 0 Å². The van der Waals surface area contributed by atoms with Gasteiger partial charge in [-0.3, -0.25) is 14.4 Å². The third-order valence-electron chi connectivity index (χ3n) is 13.8. The highest BCUT2D eigenvalue weighted by molar-refractivity contribution is 5.71. The summed E-state index contributed by atoms with van der Waals surface area (Å²) in [4.78, 5) is 38.1. The van der Waals surface area contributed by atoms with Gasteiger partial charge in [0.15, 0.2) is 6.10 Å². The van der Waals surface area contributed by atoms with Crippen LogP contribution in [0, 0.1) is 0 Å². The van der Waals surface area contributed by atoms with E-state index in [2.05, 4.69) is 167 Å². The predicted molar refractivity (Wildman–Crippen MR) is 352 cm³/mol. The normalized spacial score (nSPS) is 13.1. The number of hydrogen-bond donors (Lipinski definition) is 0. The smallest absolute Gasteiger partial charge is 0.306 e. The van der Waals surface area contributed by atoms with Crippen molar-refractivity contribution in [3.8, 4) is 0 Å². The number of unbranched alkanes of at least 4 members (excludes halogenated alkanes) is 24.